The van der Waals surface area contributed by atoms with E-state index in [2.05, 4.69) is 20.0 Å². The molecule has 1 aromatic carbocycles. The van der Waals surface area contributed by atoms with E-state index in [1.807, 2.05) is 18.2 Å². The van der Waals surface area contributed by atoms with Crippen molar-refractivity contribution < 1.29 is 14.2 Å². The Morgan fingerprint density at radius 1 is 1.07 bits per heavy atom. The number of ether oxygens (including phenoxy) is 3. The van der Waals surface area contributed by atoms with Crippen LogP contribution in [0.15, 0.2) is 24.4 Å². The number of aromatic nitrogens is 3. The van der Waals surface area contributed by atoms with Gasteiger partial charge in [0, 0.05) is 32.2 Å². The first-order valence-electron chi connectivity index (χ1n) is 10.8. The van der Waals surface area contributed by atoms with Gasteiger partial charge in [-0.2, -0.15) is 5.10 Å². The fraction of sp³-hybridized carbons (Fsp3) is 0.591. The molecule has 8 heteroatoms. The minimum Gasteiger partial charge on any atom is -0.496 e. The highest BCUT2D eigenvalue weighted by Crippen LogP contribution is 2.37. The molecule has 2 fully saturated rings. The van der Waals surface area contributed by atoms with Crippen molar-refractivity contribution in [2.24, 2.45) is 0 Å². The van der Waals surface area contributed by atoms with Crippen molar-refractivity contribution in [1.29, 1.82) is 0 Å². The number of piperidine rings is 1. The summed E-state index contributed by atoms with van der Waals surface area (Å²) in [5.74, 6) is 2.11. The molecular formula is C22H31N5O3. The Kier molecular flexibility index (Phi) is 6.96. The molecule has 1 unspecified atom stereocenters. The van der Waals surface area contributed by atoms with Gasteiger partial charge in [0.25, 0.3) is 0 Å². The molecule has 1 aromatic heterocycles. The van der Waals surface area contributed by atoms with Crippen molar-refractivity contribution in [2.45, 2.75) is 31.7 Å². The van der Waals surface area contributed by atoms with Crippen LogP contribution in [0, 0.1) is 0 Å². The Balaban J connectivity index is 1.56. The number of nitrogens with zero attached hydrogens (tertiary/aromatic N) is 5. The number of rotatable bonds is 7. The third kappa shape index (κ3) is 4.65. The molecule has 2 aromatic rings. The summed E-state index contributed by atoms with van der Waals surface area (Å²) in [4.78, 5) is 9.71. The van der Waals surface area contributed by atoms with Crippen molar-refractivity contribution in [1.82, 2.24) is 20.1 Å². The summed E-state index contributed by atoms with van der Waals surface area (Å²) in [5, 5.41) is 8.67. The average molecular weight is 414 g/mol. The lowest BCUT2D eigenvalue weighted by atomic mass is 9.99. The monoisotopic (exact) mass is 413 g/mol. The molecule has 2 saturated heterocycles. The zero-order chi connectivity index (χ0) is 20.8. The second kappa shape index (κ2) is 10.0. The van der Waals surface area contributed by atoms with Crippen molar-refractivity contribution >= 4 is 5.95 Å². The molecule has 3 heterocycles. The summed E-state index contributed by atoms with van der Waals surface area (Å²) in [7, 11) is 3.31. The molecule has 2 aliphatic heterocycles. The number of benzene rings is 1. The summed E-state index contributed by atoms with van der Waals surface area (Å²) in [5.41, 5.74) is 1.52. The fourth-order valence-electron chi connectivity index (χ4n) is 4.36. The molecule has 0 radical (unpaired) electrons. The minimum atomic E-state index is 0.429. The van der Waals surface area contributed by atoms with Crippen LogP contribution in [0.25, 0.3) is 11.3 Å². The van der Waals surface area contributed by atoms with Gasteiger partial charge in [-0.1, -0.05) is 6.07 Å². The topological polar surface area (TPSA) is 72.8 Å². The molecule has 1 atom stereocenters. The van der Waals surface area contributed by atoms with E-state index < -0.39 is 0 Å². The van der Waals surface area contributed by atoms with Gasteiger partial charge in [0.2, 0.25) is 5.95 Å². The van der Waals surface area contributed by atoms with Gasteiger partial charge in [-0.25, -0.2) is 4.98 Å². The Bertz CT molecular complexity index is 806. The standard InChI is InChI=1S/C22H31N5O3/c1-28-19-7-5-8-20(29-2)21(19)18-16-23-25-22(24-18)27-10-4-3-6-17(27)9-11-26-12-14-30-15-13-26/h5,7-8,16-17H,3-4,6,9-15H2,1-2H3. The highest BCUT2D eigenvalue weighted by molar-refractivity contribution is 5.74. The van der Waals surface area contributed by atoms with Gasteiger partial charge < -0.3 is 19.1 Å². The van der Waals surface area contributed by atoms with Gasteiger partial charge in [0.05, 0.1) is 39.2 Å². The highest BCUT2D eigenvalue weighted by Gasteiger charge is 2.26. The molecule has 30 heavy (non-hydrogen) atoms. The Morgan fingerprint density at radius 2 is 1.83 bits per heavy atom. The Morgan fingerprint density at radius 3 is 2.57 bits per heavy atom. The van der Waals surface area contributed by atoms with Gasteiger partial charge in [-0.15, -0.1) is 5.10 Å². The quantitative estimate of drug-likeness (QED) is 0.686. The van der Waals surface area contributed by atoms with Crippen LogP contribution < -0.4 is 14.4 Å². The Labute approximate surface area is 178 Å². The third-order valence-electron chi connectivity index (χ3n) is 6.00. The molecular weight excluding hydrogens is 382 g/mol. The second-order valence-electron chi connectivity index (χ2n) is 7.76. The van der Waals surface area contributed by atoms with Crippen molar-refractivity contribution in [3.63, 3.8) is 0 Å². The van der Waals surface area contributed by atoms with E-state index in [0.717, 1.165) is 64.2 Å². The smallest absolute Gasteiger partial charge is 0.246 e. The first-order valence-corrected chi connectivity index (χ1v) is 10.8. The predicted octanol–water partition coefficient (Wildman–Crippen LogP) is 2.64. The largest absolute Gasteiger partial charge is 0.496 e. The van der Waals surface area contributed by atoms with Gasteiger partial charge in [0.1, 0.15) is 17.2 Å². The van der Waals surface area contributed by atoms with Crippen LogP contribution >= 0.6 is 0 Å². The summed E-state index contributed by atoms with van der Waals surface area (Å²) in [6.45, 7) is 5.76. The number of morpholine rings is 1. The maximum atomic E-state index is 5.56. The molecule has 0 aliphatic carbocycles. The first kappa shape index (κ1) is 20.8. The number of methoxy groups -OCH3 is 2. The van der Waals surface area contributed by atoms with Crippen molar-refractivity contribution in [3.05, 3.63) is 24.4 Å². The molecule has 0 spiro atoms. The lowest BCUT2D eigenvalue weighted by Gasteiger charge is -2.37. The molecule has 2 aliphatic rings. The number of hydrogen-bond acceptors (Lipinski definition) is 8. The van der Waals surface area contributed by atoms with Crippen LogP contribution in [0.4, 0.5) is 5.95 Å². The van der Waals surface area contributed by atoms with E-state index in [-0.39, 0.29) is 0 Å². The van der Waals surface area contributed by atoms with E-state index in [9.17, 15) is 0 Å². The van der Waals surface area contributed by atoms with Gasteiger partial charge in [0.15, 0.2) is 0 Å². The molecule has 0 amide bonds. The zero-order valence-electron chi connectivity index (χ0n) is 17.9. The number of hydrogen-bond donors (Lipinski definition) is 0. The second-order valence-corrected chi connectivity index (χ2v) is 7.76. The Hall–Kier alpha value is -2.45. The number of anilines is 1. The molecule has 0 saturated carbocycles. The van der Waals surface area contributed by atoms with Gasteiger partial charge in [-0.3, -0.25) is 4.90 Å². The predicted molar refractivity (Wildman–Crippen MR) is 115 cm³/mol. The van der Waals surface area contributed by atoms with Crippen LogP contribution in [0.3, 0.4) is 0 Å². The lowest BCUT2D eigenvalue weighted by Crippen LogP contribution is -2.44. The highest BCUT2D eigenvalue weighted by atomic mass is 16.5. The maximum absolute atomic E-state index is 5.56. The van der Waals surface area contributed by atoms with E-state index in [4.69, 9.17) is 19.2 Å². The lowest BCUT2D eigenvalue weighted by molar-refractivity contribution is 0.0362. The first-order chi connectivity index (χ1) is 14.8. The maximum Gasteiger partial charge on any atom is 0.246 e. The van der Waals surface area contributed by atoms with Crippen LogP contribution in [0.2, 0.25) is 0 Å². The summed E-state index contributed by atoms with van der Waals surface area (Å²) in [6.07, 6.45) is 6.34. The summed E-state index contributed by atoms with van der Waals surface area (Å²) in [6, 6.07) is 6.15. The van der Waals surface area contributed by atoms with E-state index >= 15 is 0 Å². The van der Waals surface area contributed by atoms with E-state index in [1.54, 1.807) is 20.4 Å². The normalized spacial score (nSPS) is 20.2. The average Bonchev–Trinajstić information content (AvgIpc) is 2.83. The molecule has 0 bridgehead atoms. The summed E-state index contributed by atoms with van der Waals surface area (Å²) < 4.78 is 16.6. The van der Waals surface area contributed by atoms with E-state index in [0.29, 0.717) is 29.2 Å². The molecule has 8 nitrogen and oxygen atoms in total. The minimum absolute atomic E-state index is 0.429. The van der Waals surface area contributed by atoms with Gasteiger partial charge >= 0.3 is 0 Å². The van der Waals surface area contributed by atoms with Crippen LogP contribution in [-0.4, -0.2) is 79.7 Å². The third-order valence-corrected chi connectivity index (χ3v) is 6.00. The van der Waals surface area contributed by atoms with Crippen molar-refractivity contribution in [3.8, 4) is 22.8 Å². The van der Waals surface area contributed by atoms with Crippen LogP contribution in [0.5, 0.6) is 11.5 Å². The molecule has 0 N–H and O–H groups in total. The van der Waals surface area contributed by atoms with Crippen molar-refractivity contribution in [2.75, 3.05) is 58.5 Å². The van der Waals surface area contributed by atoms with Crippen LogP contribution in [-0.2, 0) is 4.74 Å². The van der Waals surface area contributed by atoms with Gasteiger partial charge in [-0.05, 0) is 37.8 Å². The molecule has 4 rings (SSSR count). The van der Waals surface area contributed by atoms with E-state index in [1.165, 1.54) is 6.42 Å². The fourth-order valence-corrected chi connectivity index (χ4v) is 4.36. The SMILES string of the molecule is COc1cccc(OC)c1-c1cnnc(N2CCCCC2CCN2CCOCC2)n1. The van der Waals surface area contributed by atoms with Crippen LogP contribution in [0.1, 0.15) is 25.7 Å². The zero-order valence-corrected chi connectivity index (χ0v) is 17.9. The summed E-state index contributed by atoms with van der Waals surface area (Å²) >= 11 is 0. The molecule has 162 valence electrons.